The first-order valence-electron chi connectivity index (χ1n) is 7.71. The Labute approximate surface area is 159 Å². The number of aromatic nitrogens is 1. The third-order valence-electron chi connectivity index (χ3n) is 3.73. The van der Waals surface area contributed by atoms with Crippen LogP contribution in [0.15, 0.2) is 48.5 Å². The molecule has 24 heavy (non-hydrogen) atoms. The highest BCUT2D eigenvalue weighted by molar-refractivity contribution is 14.1. The molecule has 0 atom stereocenters. The van der Waals surface area contributed by atoms with Crippen molar-refractivity contribution in [1.82, 2.24) is 4.98 Å². The second kappa shape index (κ2) is 7.44. The zero-order valence-electron chi connectivity index (χ0n) is 13.5. The third-order valence-corrected chi connectivity index (χ3v) is 5.88. The smallest absolute Gasteiger partial charge is 0.267 e. The molecule has 0 fully saturated rings. The molecule has 0 radical (unpaired) electrons. The van der Waals surface area contributed by atoms with E-state index in [1.807, 2.05) is 31.2 Å². The largest absolute Gasteiger partial charge is 0.320 e. The van der Waals surface area contributed by atoms with Gasteiger partial charge in [-0.1, -0.05) is 43.3 Å². The van der Waals surface area contributed by atoms with Gasteiger partial charge in [-0.25, -0.2) is 4.98 Å². The quantitative estimate of drug-likeness (QED) is 0.533. The predicted octanol–water partition coefficient (Wildman–Crippen LogP) is 5.54. The number of para-hydroxylation sites is 1. The van der Waals surface area contributed by atoms with Crippen molar-refractivity contribution in [3.63, 3.8) is 0 Å². The van der Waals surface area contributed by atoms with Crippen LogP contribution in [0, 0.1) is 10.5 Å². The summed E-state index contributed by atoms with van der Waals surface area (Å²) in [7, 11) is 0. The number of hydrogen-bond donors (Lipinski definition) is 1. The van der Waals surface area contributed by atoms with E-state index in [9.17, 15) is 4.79 Å². The zero-order valence-corrected chi connectivity index (χ0v) is 16.4. The molecular weight excluding hydrogens is 431 g/mol. The third kappa shape index (κ3) is 3.67. The van der Waals surface area contributed by atoms with Crippen LogP contribution in [0.5, 0.6) is 0 Å². The number of nitrogens with zero attached hydrogens (tertiary/aromatic N) is 1. The van der Waals surface area contributed by atoms with E-state index in [2.05, 4.69) is 64.1 Å². The minimum absolute atomic E-state index is 0.106. The van der Waals surface area contributed by atoms with Crippen LogP contribution in [0.4, 0.5) is 5.69 Å². The van der Waals surface area contributed by atoms with Gasteiger partial charge in [-0.05, 0) is 53.6 Å². The summed E-state index contributed by atoms with van der Waals surface area (Å²) in [5.74, 6) is -0.106. The number of anilines is 1. The van der Waals surface area contributed by atoms with Gasteiger partial charge in [-0.2, -0.15) is 0 Å². The Morgan fingerprint density at radius 3 is 2.54 bits per heavy atom. The maximum Gasteiger partial charge on any atom is 0.267 e. The lowest BCUT2D eigenvalue weighted by Crippen LogP contribution is -2.12. The van der Waals surface area contributed by atoms with Gasteiger partial charge < -0.3 is 5.32 Å². The number of aryl methyl sites for hydroxylation is 2. The van der Waals surface area contributed by atoms with Crippen LogP contribution in [0.1, 0.15) is 27.9 Å². The number of rotatable bonds is 4. The topological polar surface area (TPSA) is 42.0 Å². The number of benzene rings is 2. The highest BCUT2D eigenvalue weighted by Crippen LogP contribution is 2.29. The normalized spacial score (nSPS) is 10.6. The van der Waals surface area contributed by atoms with Crippen LogP contribution in [0.25, 0.3) is 10.6 Å². The van der Waals surface area contributed by atoms with Crippen molar-refractivity contribution >= 4 is 45.5 Å². The lowest BCUT2D eigenvalue weighted by Gasteiger charge is -2.05. The molecule has 0 unspecified atom stereocenters. The van der Waals surface area contributed by atoms with E-state index in [0.717, 1.165) is 31.9 Å². The number of hydrogen-bond acceptors (Lipinski definition) is 3. The lowest BCUT2D eigenvalue weighted by atomic mass is 10.1. The first-order chi connectivity index (χ1) is 11.6. The maximum atomic E-state index is 12.6. The van der Waals surface area contributed by atoms with Crippen molar-refractivity contribution in [1.29, 1.82) is 0 Å². The molecular formula is C19H17IN2OS. The van der Waals surface area contributed by atoms with E-state index in [-0.39, 0.29) is 5.91 Å². The van der Waals surface area contributed by atoms with Crippen LogP contribution in [0.2, 0.25) is 0 Å². The molecule has 3 aromatic rings. The van der Waals surface area contributed by atoms with Crippen LogP contribution < -0.4 is 5.32 Å². The van der Waals surface area contributed by atoms with Gasteiger partial charge in [0.2, 0.25) is 0 Å². The maximum absolute atomic E-state index is 12.6. The number of carbonyl (C=O) groups is 1. The number of thiazole rings is 1. The molecule has 2 aromatic carbocycles. The summed E-state index contributed by atoms with van der Waals surface area (Å²) in [5.41, 5.74) is 3.93. The molecule has 0 saturated heterocycles. The summed E-state index contributed by atoms with van der Waals surface area (Å²) in [4.78, 5) is 17.8. The fourth-order valence-electron chi connectivity index (χ4n) is 2.36. The molecule has 1 N–H and O–H groups in total. The highest BCUT2D eigenvalue weighted by Gasteiger charge is 2.17. The van der Waals surface area contributed by atoms with Crippen molar-refractivity contribution in [2.75, 3.05) is 5.32 Å². The van der Waals surface area contributed by atoms with E-state index in [1.165, 1.54) is 16.9 Å². The van der Waals surface area contributed by atoms with Gasteiger partial charge in [-0.15, -0.1) is 11.3 Å². The van der Waals surface area contributed by atoms with Gasteiger partial charge in [0, 0.05) is 9.13 Å². The average Bonchev–Trinajstić information content (AvgIpc) is 2.99. The molecule has 1 heterocycles. The standard InChI is InChI=1S/C19H17IN2OS/c1-3-13-8-10-14(11-9-13)19-21-12(2)17(24-19)18(23)22-16-7-5-4-6-15(16)20/h4-11H,3H2,1-2H3,(H,22,23). The SMILES string of the molecule is CCc1ccc(-c2nc(C)c(C(=O)Nc3ccccc3I)s2)cc1. The Kier molecular flexibility index (Phi) is 5.30. The highest BCUT2D eigenvalue weighted by atomic mass is 127. The van der Waals surface area contributed by atoms with Crippen molar-refractivity contribution < 1.29 is 4.79 Å². The molecule has 0 spiro atoms. The first-order valence-corrected chi connectivity index (χ1v) is 9.60. The summed E-state index contributed by atoms with van der Waals surface area (Å²) < 4.78 is 1.01. The Balaban J connectivity index is 1.85. The summed E-state index contributed by atoms with van der Waals surface area (Å²) >= 11 is 3.65. The van der Waals surface area contributed by atoms with Crippen molar-refractivity contribution in [2.45, 2.75) is 20.3 Å². The van der Waals surface area contributed by atoms with Gasteiger partial charge in [0.15, 0.2) is 0 Å². The Morgan fingerprint density at radius 1 is 1.17 bits per heavy atom. The Bertz CT molecular complexity index is 871. The first kappa shape index (κ1) is 17.1. The summed E-state index contributed by atoms with van der Waals surface area (Å²) in [6, 6.07) is 16.1. The van der Waals surface area contributed by atoms with Gasteiger partial charge in [0.1, 0.15) is 9.88 Å². The van der Waals surface area contributed by atoms with Crippen LogP contribution >= 0.6 is 33.9 Å². The average molecular weight is 448 g/mol. The van der Waals surface area contributed by atoms with Gasteiger partial charge >= 0.3 is 0 Å². The summed E-state index contributed by atoms with van der Waals surface area (Å²) in [6.45, 7) is 4.02. The van der Waals surface area contributed by atoms with E-state index in [0.29, 0.717) is 4.88 Å². The molecule has 3 nitrogen and oxygen atoms in total. The minimum atomic E-state index is -0.106. The Hall–Kier alpha value is -1.73. The van der Waals surface area contributed by atoms with Crippen molar-refractivity contribution in [3.8, 4) is 10.6 Å². The monoisotopic (exact) mass is 448 g/mol. The van der Waals surface area contributed by atoms with E-state index in [1.54, 1.807) is 0 Å². The second-order valence-corrected chi connectivity index (χ2v) is 7.58. The van der Waals surface area contributed by atoms with E-state index >= 15 is 0 Å². The molecule has 122 valence electrons. The van der Waals surface area contributed by atoms with Crippen molar-refractivity contribution in [2.24, 2.45) is 0 Å². The molecule has 0 aliphatic rings. The predicted molar refractivity (Wildman–Crippen MR) is 109 cm³/mol. The van der Waals surface area contributed by atoms with Gasteiger partial charge in [0.25, 0.3) is 5.91 Å². The molecule has 0 saturated carbocycles. The molecule has 0 aliphatic heterocycles. The fraction of sp³-hybridized carbons (Fsp3) is 0.158. The molecule has 0 aliphatic carbocycles. The molecule has 0 bridgehead atoms. The molecule has 1 aromatic heterocycles. The lowest BCUT2D eigenvalue weighted by molar-refractivity contribution is 0.102. The molecule has 3 rings (SSSR count). The minimum Gasteiger partial charge on any atom is -0.320 e. The number of nitrogens with one attached hydrogen (secondary N) is 1. The number of amides is 1. The van der Waals surface area contributed by atoms with Gasteiger partial charge in [0.05, 0.1) is 11.4 Å². The fourth-order valence-corrected chi connectivity index (χ4v) is 3.84. The van der Waals surface area contributed by atoms with Crippen molar-refractivity contribution in [3.05, 3.63) is 68.2 Å². The zero-order chi connectivity index (χ0) is 17.1. The summed E-state index contributed by atoms with van der Waals surface area (Å²) in [5, 5.41) is 3.85. The summed E-state index contributed by atoms with van der Waals surface area (Å²) in [6.07, 6.45) is 1.01. The van der Waals surface area contributed by atoms with E-state index in [4.69, 9.17) is 0 Å². The number of halogens is 1. The molecule has 5 heteroatoms. The molecule has 1 amide bonds. The van der Waals surface area contributed by atoms with Crippen LogP contribution in [-0.2, 0) is 6.42 Å². The van der Waals surface area contributed by atoms with E-state index < -0.39 is 0 Å². The van der Waals surface area contributed by atoms with Crippen LogP contribution in [-0.4, -0.2) is 10.9 Å². The van der Waals surface area contributed by atoms with Gasteiger partial charge in [-0.3, -0.25) is 4.79 Å². The number of carbonyl (C=O) groups excluding carboxylic acids is 1. The Morgan fingerprint density at radius 2 is 1.88 bits per heavy atom. The second-order valence-electron chi connectivity index (χ2n) is 5.42. The van der Waals surface area contributed by atoms with Crippen LogP contribution in [0.3, 0.4) is 0 Å².